The van der Waals surface area contributed by atoms with Crippen LogP contribution < -0.4 is 10.5 Å². The lowest BCUT2D eigenvalue weighted by Gasteiger charge is -2.17. The first kappa shape index (κ1) is 15.5. The maximum atomic E-state index is 10.5. The van der Waals surface area contributed by atoms with Crippen LogP contribution in [0.25, 0.3) is 0 Å². The van der Waals surface area contributed by atoms with Gasteiger partial charge in [-0.25, -0.2) is 0 Å². The highest BCUT2D eigenvalue weighted by atomic mass is 16.5. The number of benzene rings is 1. The van der Waals surface area contributed by atoms with Crippen LogP contribution in [0, 0.1) is 0 Å². The second-order valence-electron chi connectivity index (χ2n) is 5.05. The van der Waals surface area contributed by atoms with E-state index in [4.69, 9.17) is 15.6 Å². The van der Waals surface area contributed by atoms with Crippen molar-refractivity contribution in [2.75, 3.05) is 7.11 Å². The molecule has 0 saturated heterocycles. The van der Waals surface area contributed by atoms with Gasteiger partial charge in [-0.3, -0.25) is 4.79 Å². The Labute approximate surface area is 114 Å². The fraction of sp³-hybridized carbons (Fsp3) is 0.533. The Balaban J connectivity index is 2.78. The molecule has 0 radical (unpaired) electrons. The summed E-state index contributed by atoms with van der Waals surface area (Å²) in [7, 11) is 1.63. The molecular weight excluding hydrogens is 242 g/mol. The third kappa shape index (κ3) is 4.56. The predicted octanol–water partition coefficient (Wildman–Crippen LogP) is 3.07. The molecule has 1 unspecified atom stereocenters. The second kappa shape index (κ2) is 7.14. The highest BCUT2D eigenvalue weighted by molar-refractivity contribution is 5.66. The first-order valence-corrected chi connectivity index (χ1v) is 6.61. The number of ether oxygens (including phenoxy) is 1. The summed E-state index contributed by atoms with van der Waals surface area (Å²) in [4.78, 5) is 10.5. The number of carbonyl (C=O) groups is 1. The van der Waals surface area contributed by atoms with E-state index in [1.165, 1.54) is 5.56 Å². The summed E-state index contributed by atoms with van der Waals surface area (Å²) >= 11 is 0. The van der Waals surface area contributed by atoms with Crippen LogP contribution in [0.3, 0.4) is 0 Å². The van der Waals surface area contributed by atoms with Crippen LogP contribution >= 0.6 is 0 Å². The lowest BCUT2D eigenvalue weighted by atomic mass is 9.96. The van der Waals surface area contributed by atoms with Gasteiger partial charge in [-0.1, -0.05) is 26.0 Å². The standard InChI is InChI=1S/C15H23NO3/c1-10(2)11-7-8-12(14(9-11)19-3)13(16)5-4-6-15(17)18/h7-10,13H,4-6,16H2,1-3H3,(H,17,18). The van der Waals surface area contributed by atoms with Gasteiger partial charge in [0.1, 0.15) is 5.75 Å². The van der Waals surface area contributed by atoms with Crippen molar-refractivity contribution in [3.8, 4) is 5.75 Å². The fourth-order valence-corrected chi connectivity index (χ4v) is 2.02. The molecule has 0 aromatic heterocycles. The van der Waals surface area contributed by atoms with Gasteiger partial charge >= 0.3 is 5.97 Å². The summed E-state index contributed by atoms with van der Waals surface area (Å²) in [5.74, 6) is 0.439. The van der Waals surface area contributed by atoms with E-state index in [0.29, 0.717) is 18.8 Å². The molecule has 1 aromatic carbocycles. The minimum Gasteiger partial charge on any atom is -0.496 e. The van der Waals surface area contributed by atoms with E-state index in [-0.39, 0.29) is 12.5 Å². The van der Waals surface area contributed by atoms with Crippen molar-refractivity contribution in [1.29, 1.82) is 0 Å². The molecule has 106 valence electrons. The van der Waals surface area contributed by atoms with Gasteiger partial charge in [-0.15, -0.1) is 0 Å². The highest BCUT2D eigenvalue weighted by Gasteiger charge is 2.14. The quantitative estimate of drug-likeness (QED) is 0.794. The molecule has 0 aliphatic heterocycles. The average molecular weight is 265 g/mol. The highest BCUT2D eigenvalue weighted by Crippen LogP contribution is 2.30. The predicted molar refractivity (Wildman–Crippen MR) is 75.5 cm³/mol. The number of aliphatic carboxylic acids is 1. The summed E-state index contributed by atoms with van der Waals surface area (Å²) in [6, 6.07) is 5.87. The van der Waals surface area contributed by atoms with E-state index in [2.05, 4.69) is 19.9 Å². The third-order valence-corrected chi connectivity index (χ3v) is 3.23. The molecule has 3 N–H and O–H groups in total. The van der Waals surface area contributed by atoms with E-state index in [0.717, 1.165) is 11.3 Å². The van der Waals surface area contributed by atoms with E-state index < -0.39 is 5.97 Å². The average Bonchev–Trinajstić information content (AvgIpc) is 2.37. The minimum atomic E-state index is -0.783. The topological polar surface area (TPSA) is 72.5 Å². The summed E-state index contributed by atoms with van der Waals surface area (Å²) in [6.45, 7) is 4.25. The maximum Gasteiger partial charge on any atom is 0.303 e. The maximum absolute atomic E-state index is 10.5. The van der Waals surface area contributed by atoms with Crippen molar-refractivity contribution < 1.29 is 14.6 Å². The van der Waals surface area contributed by atoms with Crippen LogP contribution in [0.1, 0.15) is 56.2 Å². The molecule has 19 heavy (non-hydrogen) atoms. The van der Waals surface area contributed by atoms with Crippen molar-refractivity contribution in [2.24, 2.45) is 5.73 Å². The molecular formula is C15H23NO3. The number of hydrogen-bond donors (Lipinski definition) is 2. The SMILES string of the molecule is COc1cc(C(C)C)ccc1C(N)CCCC(=O)O. The zero-order valence-electron chi connectivity index (χ0n) is 11.8. The summed E-state index contributed by atoms with van der Waals surface area (Å²) in [5.41, 5.74) is 8.26. The van der Waals surface area contributed by atoms with E-state index in [1.54, 1.807) is 7.11 Å². The molecule has 0 heterocycles. The third-order valence-electron chi connectivity index (χ3n) is 3.23. The Morgan fingerprint density at radius 3 is 2.63 bits per heavy atom. The lowest BCUT2D eigenvalue weighted by Crippen LogP contribution is -2.12. The van der Waals surface area contributed by atoms with Gasteiger partial charge in [-0.05, 0) is 30.4 Å². The minimum absolute atomic E-state index is 0.153. The van der Waals surface area contributed by atoms with Gasteiger partial charge < -0.3 is 15.6 Å². The molecule has 1 atom stereocenters. The summed E-state index contributed by atoms with van der Waals surface area (Å²) in [6.07, 6.45) is 1.37. The Morgan fingerprint density at radius 1 is 1.42 bits per heavy atom. The molecule has 1 aromatic rings. The van der Waals surface area contributed by atoms with Crippen LogP contribution in [0.4, 0.5) is 0 Å². The van der Waals surface area contributed by atoms with E-state index in [9.17, 15) is 4.79 Å². The largest absolute Gasteiger partial charge is 0.496 e. The van der Waals surface area contributed by atoms with Crippen LogP contribution in [0.15, 0.2) is 18.2 Å². The number of hydrogen-bond acceptors (Lipinski definition) is 3. The fourth-order valence-electron chi connectivity index (χ4n) is 2.02. The lowest BCUT2D eigenvalue weighted by molar-refractivity contribution is -0.137. The molecule has 0 saturated carbocycles. The van der Waals surface area contributed by atoms with Gasteiger partial charge in [0.2, 0.25) is 0 Å². The first-order valence-electron chi connectivity index (χ1n) is 6.61. The van der Waals surface area contributed by atoms with Gasteiger partial charge in [0.25, 0.3) is 0 Å². The van der Waals surface area contributed by atoms with Gasteiger partial charge in [0.15, 0.2) is 0 Å². The number of carboxylic acid groups (broad SMARTS) is 1. The number of carboxylic acids is 1. The zero-order valence-corrected chi connectivity index (χ0v) is 11.8. The molecule has 4 nitrogen and oxygen atoms in total. The summed E-state index contributed by atoms with van der Waals surface area (Å²) < 4.78 is 5.39. The second-order valence-corrected chi connectivity index (χ2v) is 5.05. The number of rotatable bonds is 7. The van der Waals surface area contributed by atoms with Crippen molar-refractivity contribution in [3.05, 3.63) is 29.3 Å². The Morgan fingerprint density at radius 2 is 2.11 bits per heavy atom. The molecule has 0 aliphatic carbocycles. The molecule has 1 rings (SSSR count). The number of nitrogens with two attached hydrogens (primary N) is 1. The zero-order chi connectivity index (χ0) is 14.4. The van der Waals surface area contributed by atoms with Gasteiger partial charge in [0.05, 0.1) is 7.11 Å². The van der Waals surface area contributed by atoms with Crippen molar-refractivity contribution >= 4 is 5.97 Å². The van der Waals surface area contributed by atoms with Crippen molar-refractivity contribution in [1.82, 2.24) is 0 Å². The normalized spacial score (nSPS) is 12.5. The van der Waals surface area contributed by atoms with Crippen molar-refractivity contribution in [2.45, 2.75) is 45.1 Å². The molecule has 0 aliphatic rings. The molecule has 4 heteroatoms. The molecule has 0 fully saturated rings. The summed E-state index contributed by atoms with van der Waals surface area (Å²) in [5, 5.41) is 8.63. The molecule has 0 spiro atoms. The molecule has 0 bridgehead atoms. The van der Waals surface area contributed by atoms with Crippen molar-refractivity contribution in [3.63, 3.8) is 0 Å². The van der Waals surface area contributed by atoms with Gasteiger partial charge in [0, 0.05) is 18.0 Å². The van der Waals surface area contributed by atoms with Crippen LogP contribution in [-0.2, 0) is 4.79 Å². The Bertz CT molecular complexity index is 429. The smallest absolute Gasteiger partial charge is 0.303 e. The van der Waals surface area contributed by atoms with E-state index in [1.807, 2.05) is 12.1 Å². The number of methoxy groups -OCH3 is 1. The van der Waals surface area contributed by atoms with Gasteiger partial charge in [-0.2, -0.15) is 0 Å². The van der Waals surface area contributed by atoms with Crippen LogP contribution in [0.2, 0.25) is 0 Å². The van der Waals surface area contributed by atoms with Crippen LogP contribution in [-0.4, -0.2) is 18.2 Å². The Kier molecular flexibility index (Phi) is 5.83. The van der Waals surface area contributed by atoms with E-state index >= 15 is 0 Å². The molecule has 0 amide bonds. The monoisotopic (exact) mass is 265 g/mol. The Hall–Kier alpha value is -1.55. The van der Waals surface area contributed by atoms with Crippen LogP contribution in [0.5, 0.6) is 5.75 Å². The first-order chi connectivity index (χ1) is 8.95.